The number of benzene rings is 4. The zero-order valence-electron chi connectivity index (χ0n) is 25.3. The lowest BCUT2D eigenvalue weighted by atomic mass is 10.1. The Morgan fingerprint density at radius 3 is 2.41 bits per heavy atom. The largest absolute Gasteiger partial charge is 0.490 e. The molecule has 4 aromatic rings. The number of rotatable bonds is 11. The molecule has 5 nitrogen and oxygen atoms in total. The van der Waals surface area contributed by atoms with Crippen molar-refractivity contribution >= 4 is 5.91 Å². The number of carbonyl (C=O) groups excluding carboxylic acids is 1. The first-order chi connectivity index (χ1) is 21.5. The molecule has 44 heavy (non-hydrogen) atoms. The molecule has 1 N–H and O–H groups in total. The van der Waals surface area contributed by atoms with E-state index in [-0.39, 0.29) is 17.8 Å². The second kappa shape index (κ2) is 15.9. The van der Waals surface area contributed by atoms with Crippen molar-refractivity contribution in [1.82, 2.24) is 15.1 Å². The normalized spacial score (nSPS) is 13.7. The SMILES string of the molecule is CN(CCCNC(=O)c1cccc(OC2CCN(Cc3cccc(C#Cc4ccc(F)cc4)c3)CC2)c1)Cc1ccccc1. The summed E-state index contributed by atoms with van der Waals surface area (Å²) in [4.78, 5) is 17.5. The third-order valence-corrected chi connectivity index (χ3v) is 7.76. The van der Waals surface area contributed by atoms with Crippen LogP contribution in [0.1, 0.15) is 51.9 Å². The summed E-state index contributed by atoms with van der Waals surface area (Å²) in [7, 11) is 2.10. The molecule has 1 aliphatic heterocycles. The number of hydrogen-bond acceptors (Lipinski definition) is 4. The molecular weight excluding hydrogens is 549 g/mol. The number of nitrogens with one attached hydrogen (secondary N) is 1. The van der Waals surface area contributed by atoms with Gasteiger partial charge in [0, 0.05) is 49.4 Å². The molecule has 1 saturated heterocycles. The maximum atomic E-state index is 13.1. The van der Waals surface area contributed by atoms with E-state index in [0.29, 0.717) is 12.1 Å². The number of likely N-dealkylation sites (tertiary alicyclic amines) is 1. The summed E-state index contributed by atoms with van der Waals surface area (Å²) in [6.07, 6.45) is 2.86. The van der Waals surface area contributed by atoms with Gasteiger partial charge in [0.2, 0.25) is 0 Å². The monoisotopic (exact) mass is 589 g/mol. The lowest BCUT2D eigenvalue weighted by Crippen LogP contribution is -2.37. The summed E-state index contributed by atoms with van der Waals surface area (Å²) >= 11 is 0. The molecule has 1 fully saturated rings. The Balaban J connectivity index is 1.03. The lowest BCUT2D eigenvalue weighted by molar-refractivity contribution is 0.0935. The molecule has 4 aromatic carbocycles. The highest BCUT2D eigenvalue weighted by atomic mass is 19.1. The maximum Gasteiger partial charge on any atom is 0.251 e. The summed E-state index contributed by atoms with van der Waals surface area (Å²) in [5.41, 5.74) is 4.88. The lowest BCUT2D eigenvalue weighted by Gasteiger charge is -2.32. The molecule has 0 bridgehead atoms. The molecule has 6 heteroatoms. The van der Waals surface area contributed by atoms with Crippen LogP contribution in [-0.2, 0) is 13.1 Å². The van der Waals surface area contributed by atoms with E-state index in [1.165, 1.54) is 23.3 Å². The van der Waals surface area contributed by atoms with Crippen molar-refractivity contribution in [3.05, 3.63) is 137 Å². The third kappa shape index (κ3) is 9.80. The molecule has 0 saturated carbocycles. The average Bonchev–Trinajstić information content (AvgIpc) is 3.04. The average molecular weight is 590 g/mol. The quantitative estimate of drug-likeness (QED) is 0.160. The summed E-state index contributed by atoms with van der Waals surface area (Å²) in [5.74, 6) is 6.72. The first-order valence-corrected chi connectivity index (χ1v) is 15.4. The zero-order chi connectivity index (χ0) is 30.6. The van der Waals surface area contributed by atoms with Gasteiger partial charge in [0.25, 0.3) is 5.91 Å². The van der Waals surface area contributed by atoms with E-state index >= 15 is 0 Å². The van der Waals surface area contributed by atoms with Crippen LogP contribution in [0.15, 0.2) is 103 Å². The van der Waals surface area contributed by atoms with Gasteiger partial charge in [-0.1, -0.05) is 60.4 Å². The highest BCUT2D eigenvalue weighted by Crippen LogP contribution is 2.22. The fourth-order valence-electron chi connectivity index (χ4n) is 5.40. The van der Waals surface area contributed by atoms with Gasteiger partial charge in [0.05, 0.1) is 0 Å². The van der Waals surface area contributed by atoms with Crippen molar-refractivity contribution in [1.29, 1.82) is 0 Å². The molecule has 0 radical (unpaired) electrons. The molecule has 5 rings (SSSR count). The number of ether oxygens (including phenoxy) is 1. The van der Waals surface area contributed by atoms with Gasteiger partial charge >= 0.3 is 0 Å². The summed E-state index contributed by atoms with van der Waals surface area (Å²) in [6.45, 7) is 5.18. The Kier molecular flexibility index (Phi) is 11.2. The predicted octanol–water partition coefficient (Wildman–Crippen LogP) is 6.52. The Morgan fingerprint density at radius 2 is 1.61 bits per heavy atom. The van der Waals surface area contributed by atoms with E-state index in [0.717, 1.165) is 68.9 Å². The van der Waals surface area contributed by atoms with Crippen molar-refractivity contribution in [3.8, 4) is 17.6 Å². The van der Waals surface area contributed by atoms with Crippen molar-refractivity contribution in [2.24, 2.45) is 0 Å². The molecule has 226 valence electrons. The van der Waals surface area contributed by atoms with E-state index in [4.69, 9.17) is 4.74 Å². The number of hydrogen-bond donors (Lipinski definition) is 1. The third-order valence-electron chi connectivity index (χ3n) is 7.76. The smallest absolute Gasteiger partial charge is 0.251 e. The van der Waals surface area contributed by atoms with Gasteiger partial charge in [-0.05, 0) is 98.6 Å². The maximum absolute atomic E-state index is 13.1. The standard InChI is InChI=1S/C38H40FN3O2/c1-41(28-32-8-3-2-4-9-32)23-7-22-40-38(43)34-12-6-13-37(27-34)44-36-20-24-42(25-21-36)29-33-11-5-10-31(26-33)15-14-30-16-18-35(39)19-17-30/h2-6,8-13,16-19,26-27,36H,7,20-25,28-29H2,1H3,(H,40,43). The van der Waals surface area contributed by atoms with Crippen molar-refractivity contribution in [3.63, 3.8) is 0 Å². The number of amides is 1. The van der Waals surface area contributed by atoms with Gasteiger partial charge in [-0.2, -0.15) is 0 Å². The Labute approximate surface area is 260 Å². The minimum absolute atomic E-state index is 0.0689. The van der Waals surface area contributed by atoms with E-state index in [1.807, 2.05) is 42.5 Å². The van der Waals surface area contributed by atoms with Crippen molar-refractivity contribution in [2.75, 3.05) is 33.2 Å². The molecular formula is C38H40FN3O2. The summed E-state index contributed by atoms with van der Waals surface area (Å²) in [5, 5.41) is 3.05. The van der Waals surface area contributed by atoms with Gasteiger partial charge in [-0.3, -0.25) is 9.69 Å². The highest BCUT2D eigenvalue weighted by molar-refractivity contribution is 5.94. The molecule has 0 aliphatic carbocycles. The fourth-order valence-corrected chi connectivity index (χ4v) is 5.40. The first-order valence-electron chi connectivity index (χ1n) is 15.4. The van der Waals surface area contributed by atoms with Gasteiger partial charge < -0.3 is 15.0 Å². The van der Waals surface area contributed by atoms with Crippen LogP contribution in [0.3, 0.4) is 0 Å². The highest BCUT2D eigenvalue weighted by Gasteiger charge is 2.21. The van der Waals surface area contributed by atoms with E-state index in [2.05, 4.69) is 70.4 Å². The first kappa shape index (κ1) is 31.0. The van der Waals surface area contributed by atoms with Gasteiger partial charge in [-0.15, -0.1) is 0 Å². The Bertz CT molecular complexity index is 1550. The predicted molar refractivity (Wildman–Crippen MR) is 174 cm³/mol. The second-order valence-electron chi connectivity index (χ2n) is 11.4. The van der Waals surface area contributed by atoms with Crippen molar-refractivity contribution in [2.45, 2.75) is 38.5 Å². The van der Waals surface area contributed by atoms with Gasteiger partial charge in [0.1, 0.15) is 17.7 Å². The Morgan fingerprint density at radius 1 is 0.886 bits per heavy atom. The van der Waals surface area contributed by atoms with Crippen LogP contribution in [0.2, 0.25) is 0 Å². The Hall–Kier alpha value is -4.44. The molecule has 1 aliphatic rings. The van der Waals surface area contributed by atoms with Crippen molar-refractivity contribution < 1.29 is 13.9 Å². The second-order valence-corrected chi connectivity index (χ2v) is 11.4. The minimum atomic E-state index is -0.257. The minimum Gasteiger partial charge on any atom is -0.490 e. The van der Waals surface area contributed by atoms with Crippen LogP contribution in [-0.4, -0.2) is 55.0 Å². The van der Waals surface area contributed by atoms with E-state index < -0.39 is 0 Å². The molecule has 0 spiro atoms. The van der Waals surface area contributed by atoms with E-state index in [9.17, 15) is 9.18 Å². The summed E-state index contributed by atoms with van der Waals surface area (Å²) < 4.78 is 19.4. The number of halogens is 1. The molecule has 1 heterocycles. The molecule has 1 amide bonds. The van der Waals surface area contributed by atoms with Crippen LogP contribution in [0, 0.1) is 17.7 Å². The van der Waals surface area contributed by atoms with Crippen LogP contribution >= 0.6 is 0 Å². The van der Waals surface area contributed by atoms with Crippen LogP contribution < -0.4 is 10.1 Å². The summed E-state index contributed by atoms with van der Waals surface area (Å²) in [6, 6.07) is 32.4. The number of nitrogens with zero attached hydrogens (tertiary/aromatic N) is 2. The number of carbonyl (C=O) groups is 1. The fraction of sp³-hybridized carbons (Fsp3) is 0.289. The van der Waals surface area contributed by atoms with E-state index in [1.54, 1.807) is 12.1 Å². The number of piperidine rings is 1. The molecule has 0 aromatic heterocycles. The van der Waals surface area contributed by atoms with Crippen LogP contribution in [0.5, 0.6) is 5.75 Å². The topological polar surface area (TPSA) is 44.8 Å². The van der Waals surface area contributed by atoms with Crippen LogP contribution in [0.25, 0.3) is 0 Å². The molecule has 0 atom stereocenters. The zero-order valence-corrected chi connectivity index (χ0v) is 25.3. The van der Waals surface area contributed by atoms with Gasteiger partial charge in [-0.25, -0.2) is 4.39 Å². The van der Waals surface area contributed by atoms with Gasteiger partial charge in [0.15, 0.2) is 0 Å². The molecule has 0 unspecified atom stereocenters. The van der Waals surface area contributed by atoms with Crippen LogP contribution in [0.4, 0.5) is 4.39 Å².